The van der Waals surface area contributed by atoms with Crippen molar-refractivity contribution in [2.24, 2.45) is 0 Å². The summed E-state index contributed by atoms with van der Waals surface area (Å²) in [6, 6.07) is 4.62. The maximum atomic E-state index is 13.7. The van der Waals surface area contributed by atoms with Crippen LogP contribution < -0.4 is 0 Å². The highest BCUT2D eigenvalue weighted by atomic mass is 19.1. The van der Waals surface area contributed by atoms with Crippen LogP contribution in [0.3, 0.4) is 0 Å². The van der Waals surface area contributed by atoms with Crippen LogP contribution in [0, 0.1) is 5.82 Å². The van der Waals surface area contributed by atoms with E-state index < -0.39 is 23.6 Å². The topological polar surface area (TPSA) is 46.5 Å². The number of halogens is 2. The number of carbonyl (C=O) groups is 1. The third-order valence-electron chi connectivity index (χ3n) is 2.42. The Morgan fingerprint density at radius 1 is 1.47 bits per heavy atom. The fraction of sp³-hybridized carbons (Fsp3) is 0.417. The van der Waals surface area contributed by atoms with Crippen LogP contribution in [0.1, 0.15) is 19.4 Å². The van der Waals surface area contributed by atoms with Gasteiger partial charge in [-0.3, -0.25) is 0 Å². The molecule has 1 rings (SSSR count). The molecule has 0 saturated carbocycles. The van der Waals surface area contributed by atoms with Crippen molar-refractivity contribution in [2.75, 3.05) is 6.61 Å². The molecule has 5 heteroatoms. The summed E-state index contributed by atoms with van der Waals surface area (Å²) in [4.78, 5) is 11.2. The van der Waals surface area contributed by atoms with Crippen LogP contribution in [0.2, 0.25) is 0 Å². The van der Waals surface area contributed by atoms with E-state index >= 15 is 0 Å². The number of rotatable bonds is 4. The van der Waals surface area contributed by atoms with Gasteiger partial charge in [0.15, 0.2) is 0 Å². The molecule has 0 aliphatic carbocycles. The minimum Gasteiger partial charge on any atom is -0.464 e. The van der Waals surface area contributed by atoms with Gasteiger partial charge in [-0.1, -0.05) is 12.1 Å². The number of aliphatic hydroxyl groups is 1. The van der Waals surface area contributed by atoms with E-state index in [9.17, 15) is 18.7 Å². The molecular formula is C12H14F2O3. The van der Waals surface area contributed by atoms with E-state index in [4.69, 9.17) is 0 Å². The Labute approximate surface area is 98.0 Å². The maximum Gasteiger partial charge on any atom is 0.344 e. The van der Waals surface area contributed by atoms with E-state index in [1.807, 2.05) is 0 Å². The lowest BCUT2D eigenvalue weighted by Crippen LogP contribution is -2.40. The predicted molar refractivity (Wildman–Crippen MR) is 57.5 cm³/mol. The molecule has 1 aromatic carbocycles. The zero-order valence-electron chi connectivity index (χ0n) is 9.61. The Morgan fingerprint density at radius 3 is 2.47 bits per heavy atom. The quantitative estimate of drug-likeness (QED) is 0.823. The number of hydrogen-bond donors (Lipinski definition) is 1. The van der Waals surface area contributed by atoms with E-state index in [0.717, 1.165) is 19.1 Å². The van der Waals surface area contributed by atoms with Crippen LogP contribution in [0.5, 0.6) is 0 Å². The fourth-order valence-corrected chi connectivity index (χ4v) is 1.38. The standard InChI is InChI=1S/C12H14F2O3/c1-3-17-11(15)10(14)12(2,16)8-4-6-9(13)7-5-8/h4-7,10,16H,3H2,1-2H3. The van der Waals surface area contributed by atoms with Gasteiger partial charge in [-0.25, -0.2) is 13.6 Å². The van der Waals surface area contributed by atoms with E-state index in [2.05, 4.69) is 4.74 Å². The van der Waals surface area contributed by atoms with Gasteiger partial charge in [0.1, 0.15) is 11.4 Å². The first-order valence-corrected chi connectivity index (χ1v) is 5.18. The first-order chi connectivity index (χ1) is 7.89. The number of esters is 1. The van der Waals surface area contributed by atoms with Crippen LogP contribution in [-0.4, -0.2) is 23.9 Å². The molecule has 17 heavy (non-hydrogen) atoms. The van der Waals surface area contributed by atoms with Crippen LogP contribution in [0.25, 0.3) is 0 Å². The first-order valence-electron chi connectivity index (χ1n) is 5.18. The normalized spacial score (nSPS) is 16.1. The highest BCUT2D eigenvalue weighted by molar-refractivity contribution is 5.76. The zero-order chi connectivity index (χ0) is 13.1. The molecular weight excluding hydrogens is 230 g/mol. The molecule has 2 atom stereocenters. The largest absolute Gasteiger partial charge is 0.464 e. The summed E-state index contributed by atoms with van der Waals surface area (Å²) in [7, 11) is 0. The van der Waals surface area contributed by atoms with Gasteiger partial charge in [-0.2, -0.15) is 0 Å². The van der Waals surface area contributed by atoms with Crippen molar-refractivity contribution in [1.29, 1.82) is 0 Å². The Kier molecular flexibility index (Phi) is 4.17. The molecule has 1 N–H and O–H groups in total. The van der Waals surface area contributed by atoms with Crippen molar-refractivity contribution in [3.63, 3.8) is 0 Å². The lowest BCUT2D eigenvalue weighted by molar-refractivity contribution is -0.160. The first kappa shape index (κ1) is 13.6. The van der Waals surface area contributed by atoms with Gasteiger partial charge in [0.05, 0.1) is 6.61 Å². The van der Waals surface area contributed by atoms with Gasteiger partial charge >= 0.3 is 5.97 Å². The Balaban J connectivity index is 2.93. The molecule has 94 valence electrons. The highest BCUT2D eigenvalue weighted by Crippen LogP contribution is 2.27. The molecule has 0 aromatic heterocycles. The molecule has 0 spiro atoms. The second-order valence-corrected chi connectivity index (χ2v) is 3.77. The number of hydrogen-bond acceptors (Lipinski definition) is 3. The highest BCUT2D eigenvalue weighted by Gasteiger charge is 2.40. The predicted octanol–water partition coefficient (Wildman–Crippen LogP) is 1.93. The second kappa shape index (κ2) is 5.23. The Morgan fingerprint density at radius 2 is 2.00 bits per heavy atom. The van der Waals surface area contributed by atoms with Gasteiger partial charge < -0.3 is 9.84 Å². The number of carbonyl (C=O) groups excluding carboxylic acids is 1. The average molecular weight is 244 g/mol. The molecule has 0 aliphatic rings. The molecule has 2 unspecified atom stereocenters. The van der Waals surface area contributed by atoms with Crippen molar-refractivity contribution < 1.29 is 23.4 Å². The van der Waals surface area contributed by atoms with Crippen molar-refractivity contribution >= 4 is 5.97 Å². The fourth-order valence-electron chi connectivity index (χ4n) is 1.38. The van der Waals surface area contributed by atoms with E-state index in [0.29, 0.717) is 0 Å². The molecule has 0 amide bonds. The number of ether oxygens (including phenoxy) is 1. The van der Waals surface area contributed by atoms with Crippen LogP contribution >= 0.6 is 0 Å². The minimum atomic E-state index is -2.21. The molecule has 0 fully saturated rings. The average Bonchev–Trinajstić information content (AvgIpc) is 2.29. The molecule has 0 heterocycles. The molecule has 0 aliphatic heterocycles. The van der Waals surface area contributed by atoms with Gasteiger partial charge in [0, 0.05) is 0 Å². The molecule has 0 saturated heterocycles. The summed E-state index contributed by atoms with van der Waals surface area (Å²) >= 11 is 0. The van der Waals surface area contributed by atoms with Gasteiger partial charge in [-0.15, -0.1) is 0 Å². The summed E-state index contributed by atoms with van der Waals surface area (Å²) < 4.78 is 30.9. The molecule has 0 radical (unpaired) electrons. The third-order valence-corrected chi connectivity index (χ3v) is 2.42. The van der Waals surface area contributed by atoms with Crippen LogP contribution in [0.15, 0.2) is 24.3 Å². The number of alkyl halides is 1. The second-order valence-electron chi connectivity index (χ2n) is 3.77. The molecule has 1 aromatic rings. The summed E-state index contributed by atoms with van der Waals surface area (Å²) in [6.45, 7) is 2.71. The third kappa shape index (κ3) is 3.00. The monoisotopic (exact) mass is 244 g/mol. The lowest BCUT2D eigenvalue weighted by atomic mass is 9.91. The smallest absolute Gasteiger partial charge is 0.344 e. The lowest BCUT2D eigenvalue weighted by Gasteiger charge is -2.26. The SMILES string of the molecule is CCOC(=O)C(F)C(C)(O)c1ccc(F)cc1. The van der Waals surface area contributed by atoms with Crippen molar-refractivity contribution in [2.45, 2.75) is 25.6 Å². The van der Waals surface area contributed by atoms with E-state index in [-0.39, 0.29) is 12.2 Å². The van der Waals surface area contributed by atoms with Gasteiger partial charge in [0.2, 0.25) is 6.17 Å². The van der Waals surface area contributed by atoms with Crippen molar-refractivity contribution in [3.05, 3.63) is 35.6 Å². The van der Waals surface area contributed by atoms with Gasteiger partial charge in [-0.05, 0) is 31.5 Å². The summed E-state index contributed by atoms with van der Waals surface area (Å²) in [6.07, 6.45) is -2.21. The van der Waals surface area contributed by atoms with Gasteiger partial charge in [0.25, 0.3) is 0 Å². The minimum absolute atomic E-state index is 0.0265. The van der Waals surface area contributed by atoms with E-state index in [1.165, 1.54) is 19.1 Å². The van der Waals surface area contributed by atoms with Crippen LogP contribution in [-0.2, 0) is 15.1 Å². The van der Waals surface area contributed by atoms with E-state index in [1.54, 1.807) is 0 Å². The Hall–Kier alpha value is -1.49. The number of benzene rings is 1. The maximum absolute atomic E-state index is 13.7. The molecule has 3 nitrogen and oxygen atoms in total. The summed E-state index contributed by atoms with van der Waals surface area (Å²) in [5, 5.41) is 9.94. The summed E-state index contributed by atoms with van der Waals surface area (Å²) in [5.41, 5.74) is -1.93. The van der Waals surface area contributed by atoms with Crippen molar-refractivity contribution in [3.8, 4) is 0 Å². The van der Waals surface area contributed by atoms with Crippen molar-refractivity contribution in [1.82, 2.24) is 0 Å². The zero-order valence-corrected chi connectivity index (χ0v) is 9.61. The Bertz CT molecular complexity index is 387. The van der Waals surface area contributed by atoms with Crippen LogP contribution in [0.4, 0.5) is 8.78 Å². The molecule has 0 bridgehead atoms. The summed E-state index contributed by atoms with van der Waals surface area (Å²) in [5.74, 6) is -1.64.